The number of carbonyl (C=O) groups is 1. The topological polar surface area (TPSA) is 51.0 Å². The van der Waals surface area contributed by atoms with E-state index in [0.29, 0.717) is 11.0 Å². The average Bonchev–Trinajstić information content (AvgIpc) is 3.44. The van der Waals surface area contributed by atoms with Gasteiger partial charge in [-0.25, -0.2) is 4.68 Å². The fraction of sp³-hybridized carbons (Fsp3) is 0.318. The van der Waals surface area contributed by atoms with Crippen molar-refractivity contribution >= 4 is 23.5 Å². The summed E-state index contributed by atoms with van der Waals surface area (Å²) in [4.78, 5) is 19.5. The highest BCUT2D eigenvalue weighted by Crippen LogP contribution is 2.44. The minimum absolute atomic E-state index is 0.0297. The molecule has 1 fully saturated rings. The Morgan fingerprint density at radius 1 is 1.00 bits per heavy atom. The standard InChI is InChI=1S/C22H21ClN4O/c1-14-2-4-16(5-3-14)20-12-19(15-8-10-18(23)11-9-15)26(21(28)17-6-7-17)22-24-13-25-27(20)22/h2-5,8-11,13,17,19-20H,6-7,12H2,1H3/t19-,20-/m1/s1. The Morgan fingerprint density at radius 3 is 2.32 bits per heavy atom. The van der Waals surface area contributed by atoms with Crippen molar-refractivity contribution < 1.29 is 4.79 Å². The summed E-state index contributed by atoms with van der Waals surface area (Å²) in [6.07, 6.45) is 4.21. The maximum Gasteiger partial charge on any atom is 0.233 e. The van der Waals surface area contributed by atoms with Crippen LogP contribution in [0.25, 0.3) is 0 Å². The normalized spacial score (nSPS) is 21.4. The first-order valence-electron chi connectivity index (χ1n) is 9.66. The first-order chi connectivity index (χ1) is 13.6. The maximum absolute atomic E-state index is 13.2. The Morgan fingerprint density at radius 2 is 1.64 bits per heavy atom. The summed E-state index contributed by atoms with van der Waals surface area (Å²) in [6, 6.07) is 16.3. The third-order valence-corrected chi connectivity index (χ3v) is 5.96. The molecule has 3 aromatic rings. The van der Waals surface area contributed by atoms with E-state index < -0.39 is 0 Å². The average molecular weight is 393 g/mol. The van der Waals surface area contributed by atoms with Crippen LogP contribution in [0.3, 0.4) is 0 Å². The van der Waals surface area contributed by atoms with Crippen LogP contribution in [0.4, 0.5) is 5.95 Å². The van der Waals surface area contributed by atoms with E-state index in [1.165, 1.54) is 11.1 Å². The highest BCUT2D eigenvalue weighted by molar-refractivity contribution is 6.30. The molecule has 142 valence electrons. The van der Waals surface area contributed by atoms with Gasteiger partial charge < -0.3 is 0 Å². The highest BCUT2D eigenvalue weighted by Gasteiger charge is 2.44. The number of anilines is 1. The molecule has 5 nitrogen and oxygen atoms in total. The summed E-state index contributed by atoms with van der Waals surface area (Å²) in [5.74, 6) is 0.890. The summed E-state index contributed by atoms with van der Waals surface area (Å²) in [7, 11) is 0. The first-order valence-corrected chi connectivity index (χ1v) is 10.0. The highest BCUT2D eigenvalue weighted by atomic mass is 35.5. The van der Waals surface area contributed by atoms with Crippen molar-refractivity contribution in [1.82, 2.24) is 14.8 Å². The number of rotatable bonds is 3. The van der Waals surface area contributed by atoms with Crippen LogP contribution < -0.4 is 4.90 Å². The molecule has 0 N–H and O–H groups in total. The van der Waals surface area contributed by atoms with E-state index >= 15 is 0 Å². The molecule has 28 heavy (non-hydrogen) atoms. The van der Waals surface area contributed by atoms with Gasteiger partial charge in [0, 0.05) is 10.9 Å². The second-order valence-electron chi connectivity index (χ2n) is 7.72. The molecular formula is C22H21ClN4O. The van der Waals surface area contributed by atoms with Crippen molar-refractivity contribution in [2.45, 2.75) is 38.3 Å². The van der Waals surface area contributed by atoms with Crippen LogP contribution in [0.15, 0.2) is 54.9 Å². The molecule has 5 rings (SSSR count). The van der Waals surface area contributed by atoms with Crippen molar-refractivity contribution in [2.24, 2.45) is 5.92 Å². The van der Waals surface area contributed by atoms with Gasteiger partial charge in [-0.15, -0.1) is 0 Å². The quantitative estimate of drug-likeness (QED) is 0.648. The maximum atomic E-state index is 13.2. The van der Waals surface area contributed by atoms with Gasteiger partial charge in [-0.05, 0) is 49.4 Å². The molecular weight excluding hydrogens is 372 g/mol. The zero-order chi connectivity index (χ0) is 19.3. The number of fused-ring (bicyclic) bond motifs is 1. The molecule has 1 saturated carbocycles. The number of aromatic nitrogens is 3. The van der Waals surface area contributed by atoms with Gasteiger partial charge in [-0.2, -0.15) is 10.1 Å². The van der Waals surface area contributed by atoms with Crippen LogP contribution in [-0.2, 0) is 4.79 Å². The minimum atomic E-state index is -0.0895. The number of amides is 1. The van der Waals surface area contributed by atoms with Crippen LogP contribution in [0.5, 0.6) is 0 Å². The lowest BCUT2D eigenvalue weighted by Gasteiger charge is -2.39. The number of halogens is 1. The fourth-order valence-corrected chi connectivity index (χ4v) is 4.13. The van der Waals surface area contributed by atoms with Crippen LogP contribution in [0.1, 0.15) is 48.0 Å². The molecule has 0 radical (unpaired) electrons. The number of hydrogen-bond acceptors (Lipinski definition) is 3. The van der Waals surface area contributed by atoms with Crippen LogP contribution in [0, 0.1) is 12.8 Å². The Bertz CT molecular complexity index is 1010. The molecule has 2 atom stereocenters. The lowest BCUT2D eigenvalue weighted by atomic mass is 9.91. The summed E-state index contributed by atoms with van der Waals surface area (Å²) in [5.41, 5.74) is 3.47. The Hall–Kier alpha value is -2.66. The van der Waals surface area contributed by atoms with Gasteiger partial charge in [0.15, 0.2) is 0 Å². The largest absolute Gasteiger partial charge is 0.274 e. The molecule has 0 bridgehead atoms. The van der Waals surface area contributed by atoms with E-state index in [4.69, 9.17) is 11.6 Å². The molecule has 0 spiro atoms. The second kappa shape index (κ2) is 6.74. The third-order valence-electron chi connectivity index (χ3n) is 5.70. The minimum Gasteiger partial charge on any atom is -0.274 e. The summed E-state index contributed by atoms with van der Waals surface area (Å²) < 4.78 is 1.90. The van der Waals surface area contributed by atoms with Crippen molar-refractivity contribution in [2.75, 3.05) is 4.90 Å². The summed E-state index contributed by atoms with van der Waals surface area (Å²) in [6.45, 7) is 2.08. The second-order valence-corrected chi connectivity index (χ2v) is 8.15. The van der Waals surface area contributed by atoms with Gasteiger partial charge in [0.1, 0.15) is 6.33 Å². The van der Waals surface area contributed by atoms with E-state index in [9.17, 15) is 4.79 Å². The number of nitrogens with zero attached hydrogens (tertiary/aromatic N) is 4. The molecule has 1 aliphatic carbocycles. The smallest absolute Gasteiger partial charge is 0.233 e. The van der Waals surface area contributed by atoms with Gasteiger partial charge in [-0.3, -0.25) is 9.69 Å². The van der Waals surface area contributed by atoms with Crippen molar-refractivity contribution in [3.63, 3.8) is 0 Å². The lowest BCUT2D eigenvalue weighted by Crippen LogP contribution is -2.43. The summed E-state index contributed by atoms with van der Waals surface area (Å²) >= 11 is 6.11. The molecule has 0 saturated heterocycles. The van der Waals surface area contributed by atoms with E-state index in [-0.39, 0.29) is 23.9 Å². The van der Waals surface area contributed by atoms with Gasteiger partial charge >= 0.3 is 0 Å². The molecule has 2 aliphatic rings. The Kier molecular flexibility index (Phi) is 4.20. The molecule has 1 aromatic heterocycles. The zero-order valence-electron chi connectivity index (χ0n) is 15.6. The van der Waals surface area contributed by atoms with Gasteiger partial charge in [0.25, 0.3) is 0 Å². The van der Waals surface area contributed by atoms with E-state index in [2.05, 4.69) is 41.3 Å². The number of carbonyl (C=O) groups excluding carboxylic acids is 1. The van der Waals surface area contributed by atoms with Gasteiger partial charge in [-0.1, -0.05) is 53.6 Å². The van der Waals surface area contributed by atoms with Crippen LogP contribution >= 0.6 is 11.6 Å². The van der Waals surface area contributed by atoms with Gasteiger partial charge in [0.05, 0.1) is 12.1 Å². The first kappa shape index (κ1) is 17.4. The molecule has 1 aliphatic heterocycles. The Labute approximate surface area is 169 Å². The Balaban J connectivity index is 1.62. The molecule has 2 aromatic carbocycles. The predicted octanol–water partition coefficient (Wildman–Crippen LogP) is 4.72. The van der Waals surface area contributed by atoms with Crippen LogP contribution in [0.2, 0.25) is 5.02 Å². The van der Waals surface area contributed by atoms with Crippen molar-refractivity contribution in [3.8, 4) is 0 Å². The molecule has 2 heterocycles. The monoisotopic (exact) mass is 392 g/mol. The molecule has 0 unspecified atom stereocenters. The molecule has 6 heteroatoms. The summed E-state index contributed by atoms with van der Waals surface area (Å²) in [5, 5.41) is 5.17. The van der Waals surface area contributed by atoms with Gasteiger partial charge in [0.2, 0.25) is 11.9 Å². The fourth-order valence-electron chi connectivity index (χ4n) is 4.01. The molecule has 1 amide bonds. The SMILES string of the molecule is Cc1ccc([C@H]2C[C@H](c3ccc(Cl)cc3)N(C(=O)C3CC3)c3ncnn32)cc1. The van der Waals surface area contributed by atoms with E-state index in [1.807, 2.05) is 33.8 Å². The predicted molar refractivity (Wildman–Crippen MR) is 108 cm³/mol. The lowest BCUT2D eigenvalue weighted by molar-refractivity contribution is -0.120. The number of aryl methyl sites for hydroxylation is 1. The van der Waals surface area contributed by atoms with Crippen molar-refractivity contribution in [3.05, 3.63) is 76.6 Å². The van der Waals surface area contributed by atoms with E-state index in [0.717, 1.165) is 24.8 Å². The third kappa shape index (κ3) is 3.00. The van der Waals surface area contributed by atoms with Crippen molar-refractivity contribution in [1.29, 1.82) is 0 Å². The number of hydrogen-bond donors (Lipinski definition) is 0. The van der Waals surface area contributed by atoms with Crippen LogP contribution in [-0.4, -0.2) is 20.7 Å². The zero-order valence-corrected chi connectivity index (χ0v) is 16.4. The number of benzene rings is 2. The van der Waals surface area contributed by atoms with E-state index in [1.54, 1.807) is 6.33 Å².